The van der Waals surface area contributed by atoms with E-state index in [0.717, 1.165) is 23.0 Å². The third-order valence-corrected chi connectivity index (χ3v) is 3.13. The summed E-state index contributed by atoms with van der Waals surface area (Å²) in [5.41, 5.74) is 6.49. The maximum Gasteiger partial charge on any atom is 0.253 e. The van der Waals surface area contributed by atoms with Crippen LogP contribution in [0.5, 0.6) is 0 Å². The molecule has 0 aliphatic carbocycles. The van der Waals surface area contributed by atoms with Gasteiger partial charge in [-0.05, 0) is 30.7 Å². The number of hydrogen-bond donors (Lipinski definition) is 1. The van der Waals surface area contributed by atoms with Gasteiger partial charge in [-0.25, -0.2) is 0 Å². The predicted octanol–water partition coefficient (Wildman–Crippen LogP) is 1.62. The molecule has 1 aromatic carbocycles. The van der Waals surface area contributed by atoms with E-state index in [4.69, 9.17) is 5.73 Å². The number of nitrogens with two attached hydrogens (primary N) is 1. The molecule has 0 unspecified atom stereocenters. The van der Waals surface area contributed by atoms with E-state index in [9.17, 15) is 4.79 Å². The number of amides is 1. The Kier molecular flexibility index (Phi) is 3.07. The lowest BCUT2D eigenvalue weighted by molar-refractivity contribution is 0.0791. The molecule has 2 rings (SSSR count). The standard InChI is InChI=1S/C11H13BrN2O/c12-9-3-1-8(2-4-9)11(15)14-6-5-10(13)7-14/h1-4,10H,5-7,13H2/t10-/m0/s1. The Bertz CT molecular complexity index is 363. The molecule has 0 radical (unpaired) electrons. The van der Waals surface area contributed by atoms with Gasteiger partial charge in [-0.2, -0.15) is 0 Å². The highest BCUT2D eigenvalue weighted by molar-refractivity contribution is 9.10. The highest BCUT2D eigenvalue weighted by atomic mass is 79.9. The predicted molar refractivity (Wildman–Crippen MR) is 62.6 cm³/mol. The van der Waals surface area contributed by atoms with Crippen LogP contribution in [-0.2, 0) is 0 Å². The first-order valence-corrected chi connectivity index (χ1v) is 5.76. The molecule has 4 heteroatoms. The number of carbonyl (C=O) groups is 1. The molecule has 1 saturated heterocycles. The fourth-order valence-electron chi connectivity index (χ4n) is 1.75. The molecule has 15 heavy (non-hydrogen) atoms. The van der Waals surface area contributed by atoms with Crippen molar-refractivity contribution in [2.24, 2.45) is 5.73 Å². The third-order valence-electron chi connectivity index (χ3n) is 2.60. The van der Waals surface area contributed by atoms with Crippen LogP contribution >= 0.6 is 15.9 Å². The monoisotopic (exact) mass is 268 g/mol. The van der Waals surface area contributed by atoms with Crippen molar-refractivity contribution < 1.29 is 4.79 Å². The zero-order valence-electron chi connectivity index (χ0n) is 8.32. The molecule has 1 heterocycles. The second-order valence-corrected chi connectivity index (χ2v) is 4.72. The molecule has 1 aliphatic heterocycles. The lowest BCUT2D eigenvalue weighted by Crippen LogP contribution is -2.31. The van der Waals surface area contributed by atoms with Crippen molar-refractivity contribution in [3.63, 3.8) is 0 Å². The van der Waals surface area contributed by atoms with Crippen molar-refractivity contribution in [3.05, 3.63) is 34.3 Å². The summed E-state index contributed by atoms with van der Waals surface area (Å²) in [6.07, 6.45) is 0.905. The topological polar surface area (TPSA) is 46.3 Å². The zero-order chi connectivity index (χ0) is 10.8. The van der Waals surface area contributed by atoms with Gasteiger partial charge in [0.15, 0.2) is 0 Å². The Morgan fingerprint density at radius 1 is 1.40 bits per heavy atom. The van der Waals surface area contributed by atoms with Crippen LogP contribution in [-0.4, -0.2) is 29.9 Å². The first-order valence-electron chi connectivity index (χ1n) is 4.97. The molecule has 0 bridgehead atoms. The minimum atomic E-state index is 0.0791. The lowest BCUT2D eigenvalue weighted by atomic mass is 10.2. The van der Waals surface area contributed by atoms with Gasteiger partial charge in [-0.3, -0.25) is 4.79 Å². The van der Waals surface area contributed by atoms with Gasteiger partial charge in [0.05, 0.1) is 0 Å². The van der Waals surface area contributed by atoms with E-state index in [1.165, 1.54) is 0 Å². The number of likely N-dealkylation sites (tertiary alicyclic amines) is 1. The highest BCUT2D eigenvalue weighted by Crippen LogP contribution is 2.15. The molecule has 0 aromatic heterocycles. The SMILES string of the molecule is N[C@H]1CCN(C(=O)c2ccc(Br)cc2)C1. The van der Waals surface area contributed by atoms with Gasteiger partial charge in [0.2, 0.25) is 0 Å². The number of benzene rings is 1. The summed E-state index contributed by atoms with van der Waals surface area (Å²) < 4.78 is 0.983. The van der Waals surface area contributed by atoms with E-state index < -0.39 is 0 Å². The number of rotatable bonds is 1. The average molecular weight is 269 g/mol. The molecule has 0 saturated carbocycles. The average Bonchev–Trinajstić information content (AvgIpc) is 2.65. The Morgan fingerprint density at radius 2 is 2.07 bits per heavy atom. The van der Waals surface area contributed by atoms with Crippen LogP contribution in [0.4, 0.5) is 0 Å². The number of carbonyl (C=O) groups excluding carboxylic acids is 1. The van der Waals surface area contributed by atoms with Gasteiger partial charge in [0.25, 0.3) is 5.91 Å². The third kappa shape index (κ3) is 2.38. The zero-order valence-corrected chi connectivity index (χ0v) is 9.90. The minimum absolute atomic E-state index is 0.0791. The van der Waals surface area contributed by atoms with Gasteiger partial charge in [0, 0.05) is 29.2 Å². The summed E-state index contributed by atoms with van der Waals surface area (Å²) in [5.74, 6) is 0.0791. The van der Waals surface area contributed by atoms with Gasteiger partial charge < -0.3 is 10.6 Å². The van der Waals surface area contributed by atoms with Crippen LogP contribution in [0.15, 0.2) is 28.7 Å². The summed E-state index contributed by atoms with van der Waals surface area (Å²) in [7, 11) is 0. The molecular weight excluding hydrogens is 256 g/mol. The van der Waals surface area contributed by atoms with E-state index in [1.54, 1.807) is 0 Å². The van der Waals surface area contributed by atoms with Crippen LogP contribution in [0.2, 0.25) is 0 Å². The number of nitrogens with zero attached hydrogens (tertiary/aromatic N) is 1. The van der Waals surface area contributed by atoms with Crippen molar-refractivity contribution in [3.8, 4) is 0 Å². The van der Waals surface area contributed by atoms with E-state index in [0.29, 0.717) is 6.54 Å². The molecule has 1 fully saturated rings. The first-order chi connectivity index (χ1) is 7.16. The van der Waals surface area contributed by atoms with Gasteiger partial charge in [-0.15, -0.1) is 0 Å². The van der Waals surface area contributed by atoms with Crippen molar-refractivity contribution in [1.82, 2.24) is 4.90 Å². The Labute approximate surface area is 97.4 Å². The normalized spacial score (nSPS) is 20.7. The van der Waals surface area contributed by atoms with E-state index in [2.05, 4.69) is 15.9 Å². The molecular formula is C11H13BrN2O. The summed E-state index contributed by atoms with van der Waals surface area (Å²) in [5, 5.41) is 0. The number of hydrogen-bond acceptors (Lipinski definition) is 2. The maximum absolute atomic E-state index is 12.0. The summed E-state index contributed by atoms with van der Waals surface area (Å²) in [6.45, 7) is 1.45. The molecule has 1 aromatic rings. The molecule has 0 spiro atoms. The smallest absolute Gasteiger partial charge is 0.253 e. The van der Waals surface area contributed by atoms with Crippen LogP contribution < -0.4 is 5.73 Å². The number of halogens is 1. The Hall–Kier alpha value is -0.870. The fourth-order valence-corrected chi connectivity index (χ4v) is 2.01. The summed E-state index contributed by atoms with van der Waals surface area (Å²) in [4.78, 5) is 13.8. The van der Waals surface area contributed by atoms with Gasteiger partial charge >= 0.3 is 0 Å². The van der Waals surface area contributed by atoms with Crippen LogP contribution in [0.25, 0.3) is 0 Å². The van der Waals surface area contributed by atoms with Gasteiger partial charge in [-0.1, -0.05) is 15.9 Å². The summed E-state index contributed by atoms with van der Waals surface area (Å²) >= 11 is 3.34. The minimum Gasteiger partial charge on any atom is -0.337 e. The Balaban J connectivity index is 2.11. The first kappa shape index (κ1) is 10.6. The van der Waals surface area contributed by atoms with Crippen molar-refractivity contribution in [1.29, 1.82) is 0 Å². The van der Waals surface area contributed by atoms with Crippen LogP contribution in [0.1, 0.15) is 16.8 Å². The second-order valence-electron chi connectivity index (χ2n) is 3.81. The van der Waals surface area contributed by atoms with Crippen molar-refractivity contribution >= 4 is 21.8 Å². The fraction of sp³-hybridized carbons (Fsp3) is 0.364. The molecule has 80 valence electrons. The molecule has 3 nitrogen and oxygen atoms in total. The Morgan fingerprint density at radius 3 is 2.60 bits per heavy atom. The largest absolute Gasteiger partial charge is 0.337 e. The lowest BCUT2D eigenvalue weighted by Gasteiger charge is -2.15. The molecule has 2 N–H and O–H groups in total. The van der Waals surface area contributed by atoms with Crippen molar-refractivity contribution in [2.45, 2.75) is 12.5 Å². The van der Waals surface area contributed by atoms with Crippen LogP contribution in [0.3, 0.4) is 0 Å². The molecule has 1 amide bonds. The van der Waals surface area contributed by atoms with E-state index in [1.807, 2.05) is 29.2 Å². The molecule has 1 aliphatic rings. The highest BCUT2D eigenvalue weighted by Gasteiger charge is 2.24. The summed E-state index contributed by atoms with van der Waals surface area (Å²) in [6, 6.07) is 7.56. The van der Waals surface area contributed by atoms with Crippen LogP contribution in [0, 0.1) is 0 Å². The maximum atomic E-state index is 12.0. The van der Waals surface area contributed by atoms with E-state index >= 15 is 0 Å². The van der Waals surface area contributed by atoms with E-state index in [-0.39, 0.29) is 11.9 Å². The van der Waals surface area contributed by atoms with Gasteiger partial charge in [0.1, 0.15) is 0 Å². The van der Waals surface area contributed by atoms with Crippen molar-refractivity contribution in [2.75, 3.05) is 13.1 Å². The quantitative estimate of drug-likeness (QED) is 0.842. The second kappa shape index (κ2) is 4.33. The molecule has 1 atom stereocenters.